The van der Waals surface area contributed by atoms with Crippen LogP contribution < -0.4 is 14.8 Å². The molecule has 1 atom stereocenters. The van der Waals surface area contributed by atoms with Gasteiger partial charge in [0, 0.05) is 16.6 Å². The number of rotatable bonds is 7. The van der Waals surface area contributed by atoms with Gasteiger partial charge in [-0.25, -0.2) is 0 Å². The van der Waals surface area contributed by atoms with Gasteiger partial charge in [-0.15, -0.1) is 0 Å². The minimum Gasteiger partial charge on any atom is -0.494 e. The summed E-state index contributed by atoms with van der Waals surface area (Å²) in [6.07, 6.45) is -0.574. The first kappa shape index (κ1) is 17.3. The van der Waals surface area contributed by atoms with E-state index in [0.717, 1.165) is 15.8 Å². The van der Waals surface area contributed by atoms with Crippen LogP contribution >= 0.6 is 15.9 Å². The maximum atomic E-state index is 12.2. The lowest BCUT2D eigenvalue weighted by atomic mass is 10.2. The molecule has 0 bridgehead atoms. The molecule has 0 radical (unpaired) electrons. The van der Waals surface area contributed by atoms with Crippen molar-refractivity contribution in [1.29, 1.82) is 0 Å². The van der Waals surface area contributed by atoms with Crippen LogP contribution in [0, 0.1) is 0 Å². The highest BCUT2D eigenvalue weighted by Crippen LogP contribution is 2.19. The van der Waals surface area contributed by atoms with E-state index in [2.05, 4.69) is 21.2 Å². The number of nitrogens with one attached hydrogen (secondary N) is 1. The first-order valence-corrected chi connectivity index (χ1v) is 8.30. The van der Waals surface area contributed by atoms with Gasteiger partial charge in [-0.2, -0.15) is 0 Å². The molecule has 0 saturated carbocycles. The van der Waals surface area contributed by atoms with Crippen molar-refractivity contribution in [3.05, 3.63) is 58.6 Å². The summed E-state index contributed by atoms with van der Waals surface area (Å²) in [5.41, 5.74) is 0.943. The first-order chi connectivity index (χ1) is 11.1. The third-order valence-corrected chi connectivity index (χ3v) is 3.75. The topological polar surface area (TPSA) is 47.6 Å². The predicted molar refractivity (Wildman–Crippen MR) is 93.7 cm³/mol. The Kier molecular flexibility index (Phi) is 6.47. The fourth-order valence-corrected chi connectivity index (χ4v) is 2.31. The highest BCUT2D eigenvalue weighted by atomic mass is 79.9. The Morgan fingerprint density at radius 1 is 1.17 bits per heavy atom. The minimum absolute atomic E-state index is 0.167. The maximum Gasteiger partial charge on any atom is 0.261 e. The molecule has 2 aromatic carbocycles. The van der Waals surface area contributed by atoms with Crippen LogP contribution in [0.4, 0.5) is 0 Å². The van der Waals surface area contributed by atoms with Crippen molar-refractivity contribution < 1.29 is 14.3 Å². The molecule has 0 aliphatic heterocycles. The molecule has 0 fully saturated rings. The van der Waals surface area contributed by atoms with E-state index in [0.29, 0.717) is 18.9 Å². The van der Waals surface area contributed by atoms with Crippen molar-refractivity contribution in [1.82, 2.24) is 5.32 Å². The molecular weight excluding hydrogens is 358 g/mol. The summed E-state index contributed by atoms with van der Waals surface area (Å²) >= 11 is 3.36. The van der Waals surface area contributed by atoms with Crippen LogP contribution in [-0.4, -0.2) is 18.6 Å². The van der Waals surface area contributed by atoms with Crippen molar-refractivity contribution >= 4 is 21.8 Å². The molecule has 1 unspecified atom stereocenters. The molecule has 1 amide bonds. The zero-order valence-corrected chi connectivity index (χ0v) is 14.8. The number of carbonyl (C=O) groups is 1. The Morgan fingerprint density at radius 3 is 2.57 bits per heavy atom. The summed E-state index contributed by atoms with van der Waals surface area (Å²) in [5.74, 6) is 1.28. The molecule has 1 N–H and O–H groups in total. The summed E-state index contributed by atoms with van der Waals surface area (Å²) in [5, 5.41) is 2.88. The molecule has 4 nitrogen and oxygen atoms in total. The van der Waals surface area contributed by atoms with E-state index in [9.17, 15) is 4.79 Å². The van der Waals surface area contributed by atoms with Gasteiger partial charge < -0.3 is 14.8 Å². The van der Waals surface area contributed by atoms with Crippen LogP contribution in [0.15, 0.2) is 53.0 Å². The molecule has 23 heavy (non-hydrogen) atoms. The molecule has 0 aliphatic rings. The van der Waals surface area contributed by atoms with E-state index in [4.69, 9.17) is 9.47 Å². The minimum atomic E-state index is -0.574. The summed E-state index contributed by atoms with van der Waals surface area (Å²) in [4.78, 5) is 12.2. The van der Waals surface area contributed by atoms with Crippen LogP contribution in [0.3, 0.4) is 0 Å². The molecule has 2 rings (SSSR count). The van der Waals surface area contributed by atoms with Gasteiger partial charge in [-0.1, -0.05) is 34.1 Å². The second-order valence-corrected chi connectivity index (χ2v) is 5.89. The van der Waals surface area contributed by atoms with Crippen molar-refractivity contribution in [2.24, 2.45) is 0 Å². The number of benzene rings is 2. The van der Waals surface area contributed by atoms with Crippen molar-refractivity contribution in [3.63, 3.8) is 0 Å². The van der Waals surface area contributed by atoms with E-state index in [-0.39, 0.29) is 5.91 Å². The van der Waals surface area contributed by atoms with Crippen LogP contribution in [0.25, 0.3) is 0 Å². The van der Waals surface area contributed by atoms with Crippen molar-refractivity contribution in [2.75, 3.05) is 6.61 Å². The Bertz CT molecular complexity index is 643. The molecule has 122 valence electrons. The van der Waals surface area contributed by atoms with Crippen LogP contribution in [0.1, 0.15) is 19.4 Å². The number of amides is 1. The fraction of sp³-hybridized carbons (Fsp3) is 0.278. The lowest BCUT2D eigenvalue weighted by molar-refractivity contribution is -0.127. The average Bonchev–Trinajstić information content (AvgIpc) is 2.56. The molecule has 0 heterocycles. The van der Waals surface area contributed by atoms with Gasteiger partial charge in [0.15, 0.2) is 6.10 Å². The third-order valence-electron chi connectivity index (χ3n) is 3.22. The second kappa shape index (κ2) is 8.58. The maximum absolute atomic E-state index is 12.2. The van der Waals surface area contributed by atoms with Crippen LogP contribution in [0.5, 0.6) is 11.5 Å². The first-order valence-electron chi connectivity index (χ1n) is 7.50. The number of ether oxygens (including phenoxy) is 2. The number of carbonyl (C=O) groups excluding carboxylic acids is 1. The SMILES string of the molecule is CCOc1ccccc1CNC(=O)C(C)Oc1ccc(Br)cc1. The zero-order chi connectivity index (χ0) is 16.7. The summed E-state index contributed by atoms with van der Waals surface area (Å²) in [7, 11) is 0. The second-order valence-electron chi connectivity index (χ2n) is 4.97. The summed E-state index contributed by atoms with van der Waals surface area (Å²) in [6, 6.07) is 15.0. The number of halogens is 1. The summed E-state index contributed by atoms with van der Waals surface area (Å²) in [6.45, 7) is 4.66. The van der Waals surface area contributed by atoms with E-state index < -0.39 is 6.10 Å². The van der Waals surface area contributed by atoms with Crippen molar-refractivity contribution in [2.45, 2.75) is 26.5 Å². The number of hydrogen-bond donors (Lipinski definition) is 1. The quantitative estimate of drug-likeness (QED) is 0.794. The molecular formula is C18H20BrNO3. The largest absolute Gasteiger partial charge is 0.494 e. The fourth-order valence-electron chi connectivity index (χ4n) is 2.04. The average molecular weight is 378 g/mol. The molecule has 0 saturated heterocycles. The van der Waals surface area contributed by atoms with E-state index in [1.54, 1.807) is 6.92 Å². The van der Waals surface area contributed by atoms with Gasteiger partial charge >= 0.3 is 0 Å². The third kappa shape index (κ3) is 5.28. The van der Waals surface area contributed by atoms with Crippen LogP contribution in [-0.2, 0) is 11.3 Å². The van der Waals surface area contributed by atoms with Gasteiger partial charge in [0.05, 0.1) is 6.61 Å². The van der Waals surface area contributed by atoms with Gasteiger partial charge in [0.2, 0.25) is 0 Å². The van der Waals surface area contributed by atoms with Gasteiger partial charge in [-0.3, -0.25) is 4.79 Å². The molecule has 0 aromatic heterocycles. The Hall–Kier alpha value is -2.01. The van der Waals surface area contributed by atoms with E-state index >= 15 is 0 Å². The summed E-state index contributed by atoms with van der Waals surface area (Å²) < 4.78 is 12.1. The predicted octanol–water partition coefficient (Wildman–Crippen LogP) is 3.93. The van der Waals surface area contributed by atoms with Gasteiger partial charge in [0.25, 0.3) is 5.91 Å². The normalized spacial score (nSPS) is 11.6. The molecule has 5 heteroatoms. The molecule has 0 aliphatic carbocycles. The highest BCUT2D eigenvalue weighted by Gasteiger charge is 2.15. The van der Waals surface area contributed by atoms with Crippen LogP contribution in [0.2, 0.25) is 0 Å². The Balaban J connectivity index is 1.90. The monoisotopic (exact) mass is 377 g/mol. The lowest BCUT2D eigenvalue weighted by Crippen LogP contribution is -2.36. The highest BCUT2D eigenvalue weighted by molar-refractivity contribution is 9.10. The number of para-hydroxylation sites is 1. The van der Waals surface area contributed by atoms with Crippen molar-refractivity contribution in [3.8, 4) is 11.5 Å². The van der Waals surface area contributed by atoms with E-state index in [1.807, 2.05) is 55.5 Å². The molecule has 0 spiro atoms. The Morgan fingerprint density at radius 2 is 1.87 bits per heavy atom. The smallest absolute Gasteiger partial charge is 0.261 e. The lowest BCUT2D eigenvalue weighted by Gasteiger charge is -2.16. The standard InChI is InChI=1S/C18H20BrNO3/c1-3-22-17-7-5-4-6-14(17)12-20-18(21)13(2)23-16-10-8-15(19)9-11-16/h4-11,13H,3,12H2,1-2H3,(H,20,21). The van der Waals surface area contributed by atoms with Gasteiger partial charge in [0.1, 0.15) is 11.5 Å². The molecule has 2 aromatic rings. The number of hydrogen-bond acceptors (Lipinski definition) is 3. The zero-order valence-electron chi connectivity index (χ0n) is 13.2. The van der Waals surface area contributed by atoms with Gasteiger partial charge in [-0.05, 0) is 44.2 Å². The Labute approximate surface area is 144 Å². The van der Waals surface area contributed by atoms with E-state index in [1.165, 1.54) is 0 Å².